The van der Waals surface area contributed by atoms with Gasteiger partial charge in [0.05, 0.1) is 23.6 Å². The molecule has 13 aliphatic rings. The molecule has 15 unspecified atom stereocenters. The van der Waals surface area contributed by atoms with E-state index in [0.29, 0.717) is 53.7 Å². The maximum Gasteiger partial charge on any atom is 0.126 e. The Morgan fingerprint density at radius 3 is 2.37 bits per heavy atom. The number of ether oxygens (including phenoxy) is 2. The summed E-state index contributed by atoms with van der Waals surface area (Å²) in [4.78, 5) is 2.91. The normalized spacial score (nSPS) is 45.2. The fraction of sp³-hybridized carbons (Fsp3) is 0.661. The number of rotatable bonds is 5. The SMILES string of the molecule is C1=CC2C(CC1)CCC1C3C=CC(C4=CCC(N(C5=CCC(C6CCCCC6)CC5)C5C=CCC6C7CCCC=C7OC65)C=C4)=CC3C3(C4=C(CCCC4)OC4CCC=CC43)C21. The molecule has 13 rings (SSSR count). The first-order valence-corrected chi connectivity index (χ1v) is 26.8. The molecule has 1 saturated heterocycles. The highest BCUT2D eigenvalue weighted by Crippen LogP contribution is 2.73. The summed E-state index contributed by atoms with van der Waals surface area (Å²) in [5.41, 5.74) is 6.54. The summed E-state index contributed by atoms with van der Waals surface area (Å²) in [7, 11) is 0. The Morgan fingerprint density at radius 1 is 0.565 bits per heavy atom. The van der Waals surface area contributed by atoms with E-state index in [1.165, 1.54) is 164 Å². The van der Waals surface area contributed by atoms with Crippen molar-refractivity contribution < 1.29 is 9.47 Å². The molecule has 4 fully saturated rings. The van der Waals surface area contributed by atoms with Crippen LogP contribution < -0.4 is 0 Å². The lowest BCUT2D eigenvalue weighted by atomic mass is 9.48. The van der Waals surface area contributed by atoms with Crippen molar-refractivity contribution in [3.05, 3.63) is 119 Å². The van der Waals surface area contributed by atoms with Gasteiger partial charge in [-0.05, 0) is 179 Å². The van der Waals surface area contributed by atoms with Crippen LogP contribution in [0.15, 0.2) is 119 Å². The van der Waals surface area contributed by atoms with Crippen LogP contribution in [0, 0.1) is 70.5 Å². The highest BCUT2D eigenvalue weighted by molar-refractivity contribution is 5.53. The van der Waals surface area contributed by atoms with Gasteiger partial charge in [-0.1, -0.05) is 111 Å². The minimum Gasteiger partial charge on any atom is -0.494 e. The molecule has 3 nitrogen and oxygen atoms in total. The van der Waals surface area contributed by atoms with Gasteiger partial charge in [-0.3, -0.25) is 0 Å². The molecule has 15 atom stereocenters. The minimum absolute atomic E-state index is 0.172. The van der Waals surface area contributed by atoms with E-state index in [4.69, 9.17) is 9.47 Å². The van der Waals surface area contributed by atoms with Gasteiger partial charge >= 0.3 is 0 Å². The van der Waals surface area contributed by atoms with Crippen LogP contribution in [0.5, 0.6) is 0 Å². The van der Waals surface area contributed by atoms with Crippen molar-refractivity contribution in [3.8, 4) is 0 Å². The molecule has 328 valence electrons. The van der Waals surface area contributed by atoms with Crippen LogP contribution in [0.3, 0.4) is 0 Å². The monoisotopic (exact) mass is 830 g/mol. The van der Waals surface area contributed by atoms with Gasteiger partial charge in [0.15, 0.2) is 0 Å². The van der Waals surface area contributed by atoms with Crippen molar-refractivity contribution in [3.63, 3.8) is 0 Å². The summed E-state index contributed by atoms with van der Waals surface area (Å²) in [5, 5.41) is 0. The van der Waals surface area contributed by atoms with E-state index in [1.807, 2.05) is 0 Å². The van der Waals surface area contributed by atoms with Crippen LogP contribution in [0.1, 0.15) is 148 Å². The second kappa shape index (κ2) is 16.0. The Hall–Kier alpha value is -3.20. The predicted molar refractivity (Wildman–Crippen MR) is 251 cm³/mol. The molecular weight excluding hydrogens is 755 g/mol. The fourth-order valence-corrected chi connectivity index (χ4v) is 17.7. The van der Waals surface area contributed by atoms with E-state index in [2.05, 4.69) is 90.0 Å². The van der Waals surface area contributed by atoms with Crippen molar-refractivity contribution in [2.45, 2.75) is 172 Å². The third-order valence-corrected chi connectivity index (χ3v) is 20.3. The van der Waals surface area contributed by atoms with E-state index in [1.54, 1.807) is 11.3 Å². The first kappa shape index (κ1) is 39.2. The second-order valence-corrected chi connectivity index (χ2v) is 22.8. The van der Waals surface area contributed by atoms with E-state index >= 15 is 0 Å². The summed E-state index contributed by atoms with van der Waals surface area (Å²) >= 11 is 0. The average Bonchev–Trinajstić information content (AvgIpc) is 3.87. The van der Waals surface area contributed by atoms with Gasteiger partial charge in [0.1, 0.15) is 12.2 Å². The number of fused-ring (bicyclic) bond motifs is 13. The quantitative estimate of drug-likeness (QED) is 0.258. The molecule has 0 bridgehead atoms. The molecule has 2 aliphatic heterocycles. The Morgan fingerprint density at radius 2 is 1.47 bits per heavy atom. The Labute approximate surface area is 374 Å². The van der Waals surface area contributed by atoms with Gasteiger partial charge in [0.25, 0.3) is 0 Å². The third kappa shape index (κ3) is 6.21. The molecule has 0 amide bonds. The highest BCUT2D eigenvalue weighted by Gasteiger charge is 2.69. The van der Waals surface area contributed by atoms with Gasteiger partial charge in [-0.15, -0.1) is 0 Å². The topological polar surface area (TPSA) is 21.7 Å². The molecular formula is C59H75NO2. The summed E-state index contributed by atoms with van der Waals surface area (Å²) < 4.78 is 14.2. The standard InChI is InChI=1S/C59H75NO2/c1-2-13-38(14-3-1)39-25-31-43(32-26-39)60(53-21-12-18-49-47-17-6-9-22-54(47)62-58(49)53)44-33-27-40(28-34-44)42-30-35-46-48-36-29-41-15-4-5-16-45(41)57(48)59(52(46)37-42)50-19-7-10-23-55(50)61-56-24-11-8-20-51(56)59/h5,7,12,16,19,21-22,27-28,30-31,33,35,37-39,41,44-50,52-53,55,57-58H,1-4,6,8-11,13-15,17-18,20,23-26,29,32,34,36H2. The fourth-order valence-electron chi connectivity index (χ4n) is 17.7. The molecule has 0 radical (unpaired) electrons. The summed E-state index contributed by atoms with van der Waals surface area (Å²) in [6.45, 7) is 0. The van der Waals surface area contributed by atoms with E-state index in [0.717, 1.165) is 36.0 Å². The number of allylic oxidation sites excluding steroid dienone is 16. The van der Waals surface area contributed by atoms with Gasteiger partial charge in [-0.2, -0.15) is 0 Å². The lowest BCUT2D eigenvalue weighted by molar-refractivity contribution is -0.0710. The molecule has 62 heavy (non-hydrogen) atoms. The molecule has 1 spiro atoms. The molecule has 0 aromatic heterocycles. The predicted octanol–water partition coefficient (Wildman–Crippen LogP) is 14.4. The highest BCUT2D eigenvalue weighted by atomic mass is 16.5. The van der Waals surface area contributed by atoms with Crippen LogP contribution in [-0.2, 0) is 9.47 Å². The lowest BCUT2D eigenvalue weighted by Gasteiger charge is -2.58. The second-order valence-electron chi connectivity index (χ2n) is 22.8. The largest absolute Gasteiger partial charge is 0.494 e. The smallest absolute Gasteiger partial charge is 0.126 e. The Bertz CT molecular complexity index is 2080. The third-order valence-electron chi connectivity index (χ3n) is 20.3. The van der Waals surface area contributed by atoms with Gasteiger partial charge in [0, 0.05) is 35.3 Å². The van der Waals surface area contributed by atoms with Crippen LogP contribution in [-0.4, -0.2) is 29.2 Å². The van der Waals surface area contributed by atoms with Crippen molar-refractivity contribution in [2.24, 2.45) is 70.5 Å². The molecule has 3 saturated carbocycles. The van der Waals surface area contributed by atoms with E-state index in [9.17, 15) is 0 Å². The zero-order chi connectivity index (χ0) is 40.8. The van der Waals surface area contributed by atoms with Crippen LogP contribution in [0.25, 0.3) is 0 Å². The number of nitrogens with zero attached hydrogens (tertiary/aromatic N) is 1. The van der Waals surface area contributed by atoms with Crippen LogP contribution in [0.4, 0.5) is 0 Å². The minimum atomic E-state index is 0.172. The summed E-state index contributed by atoms with van der Waals surface area (Å²) in [6, 6.07) is 0.666. The molecule has 3 heteroatoms. The van der Waals surface area contributed by atoms with Crippen LogP contribution >= 0.6 is 0 Å². The van der Waals surface area contributed by atoms with E-state index in [-0.39, 0.29) is 11.5 Å². The average molecular weight is 830 g/mol. The summed E-state index contributed by atoms with van der Waals surface area (Å²) in [6.07, 6.45) is 67.8. The molecule has 11 aliphatic carbocycles. The molecule has 0 aromatic rings. The van der Waals surface area contributed by atoms with E-state index < -0.39 is 0 Å². The first-order chi connectivity index (χ1) is 30.7. The molecule has 2 heterocycles. The van der Waals surface area contributed by atoms with Crippen molar-refractivity contribution >= 4 is 0 Å². The van der Waals surface area contributed by atoms with Crippen molar-refractivity contribution in [1.29, 1.82) is 0 Å². The number of hydrogen-bond donors (Lipinski definition) is 0. The number of hydrogen-bond acceptors (Lipinski definition) is 3. The maximum absolute atomic E-state index is 7.17. The first-order valence-electron chi connectivity index (χ1n) is 26.8. The Kier molecular flexibility index (Phi) is 10.1. The van der Waals surface area contributed by atoms with Crippen molar-refractivity contribution in [1.82, 2.24) is 4.90 Å². The lowest BCUT2D eigenvalue weighted by Crippen LogP contribution is -2.54. The molecule has 0 aromatic carbocycles. The zero-order valence-corrected chi connectivity index (χ0v) is 37.8. The Balaban J connectivity index is 0.845. The van der Waals surface area contributed by atoms with Gasteiger partial charge < -0.3 is 14.4 Å². The van der Waals surface area contributed by atoms with Crippen molar-refractivity contribution in [2.75, 3.05) is 0 Å². The maximum atomic E-state index is 7.17. The zero-order valence-electron chi connectivity index (χ0n) is 37.8. The van der Waals surface area contributed by atoms with Crippen LogP contribution in [0.2, 0.25) is 0 Å². The molecule has 0 N–H and O–H groups in total. The van der Waals surface area contributed by atoms with Gasteiger partial charge in [-0.25, -0.2) is 0 Å². The summed E-state index contributed by atoms with van der Waals surface area (Å²) in [5.74, 6) is 10.6. The van der Waals surface area contributed by atoms with Gasteiger partial charge in [0.2, 0.25) is 0 Å².